The number of hydrogen-bond donors (Lipinski definition) is 1. The van der Waals surface area contributed by atoms with Crippen LogP contribution in [-0.4, -0.2) is 25.0 Å². The molecular weight excluding hydrogens is 372 g/mol. The van der Waals surface area contributed by atoms with Gasteiger partial charge in [0.15, 0.2) is 0 Å². The van der Waals surface area contributed by atoms with Crippen molar-refractivity contribution in [2.45, 2.75) is 11.5 Å². The van der Waals surface area contributed by atoms with Crippen molar-refractivity contribution < 1.29 is 5.11 Å². The first-order chi connectivity index (χ1) is 13.8. The van der Waals surface area contributed by atoms with Crippen LogP contribution in [0.2, 0.25) is 0 Å². The maximum absolute atomic E-state index is 9.91. The van der Waals surface area contributed by atoms with Crippen LogP contribution in [0.4, 0.5) is 0 Å². The molecule has 0 unspecified atom stereocenters. The quantitative estimate of drug-likeness (QED) is 0.524. The molecule has 0 aromatic carbocycles. The van der Waals surface area contributed by atoms with Gasteiger partial charge in [0.05, 0.1) is 5.38 Å². The Balaban J connectivity index is 0.000000161. The van der Waals surface area contributed by atoms with E-state index in [4.69, 9.17) is 11.6 Å². The van der Waals surface area contributed by atoms with E-state index in [-0.39, 0.29) is 5.38 Å². The van der Waals surface area contributed by atoms with Crippen LogP contribution in [0.25, 0.3) is 0 Å². The van der Waals surface area contributed by atoms with Crippen LogP contribution in [0.15, 0.2) is 98.1 Å². The summed E-state index contributed by atoms with van der Waals surface area (Å²) < 4.78 is 0. The number of halogens is 1. The van der Waals surface area contributed by atoms with Crippen LogP contribution in [0.5, 0.6) is 0 Å². The molecule has 5 nitrogen and oxygen atoms in total. The summed E-state index contributed by atoms with van der Waals surface area (Å²) in [6, 6.07) is 14.9. The molecule has 4 rings (SSSR count). The number of pyridine rings is 4. The minimum Gasteiger partial charge on any atom is -0.384 e. The van der Waals surface area contributed by atoms with Gasteiger partial charge in [-0.25, -0.2) is 0 Å². The fourth-order valence-electron chi connectivity index (χ4n) is 2.51. The number of alkyl halides is 1. The lowest BCUT2D eigenvalue weighted by molar-refractivity contribution is 0.219. The summed E-state index contributed by atoms with van der Waals surface area (Å²) in [4.78, 5) is 16.0. The minimum absolute atomic E-state index is 0.169. The maximum atomic E-state index is 9.91. The van der Waals surface area contributed by atoms with Crippen molar-refractivity contribution in [3.05, 3.63) is 120 Å². The molecule has 0 radical (unpaired) electrons. The summed E-state index contributed by atoms with van der Waals surface area (Å²) in [5.41, 5.74) is 3.53. The molecule has 1 N–H and O–H groups in total. The third-order valence-electron chi connectivity index (χ3n) is 3.95. The monoisotopic (exact) mass is 390 g/mol. The predicted molar refractivity (Wildman–Crippen MR) is 109 cm³/mol. The van der Waals surface area contributed by atoms with Gasteiger partial charge in [0.25, 0.3) is 0 Å². The Bertz CT molecular complexity index is 781. The maximum Gasteiger partial charge on any atom is 0.107 e. The van der Waals surface area contributed by atoms with Gasteiger partial charge in [-0.2, -0.15) is 0 Å². The number of hydrogen-bond acceptors (Lipinski definition) is 5. The molecule has 140 valence electrons. The van der Waals surface area contributed by atoms with Crippen molar-refractivity contribution in [1.29, 1.82) is 0 Å². The Morgan fingerprint density at radius 1 is 0.571 bits per heavy atom. The van der Waals surface area contributed by atoms with Crippen molar-refractivity contribution in [3.8, 4) is 0 Å². The highest BCUT2D eigenvalue weighted by Gasteiger charge is 2.10. The summed E-state index contributed by atoms with van der Waals surface area (Å²) in [6.45, 7) is 0. The number of nitrogens with zero attached hydrogens (tertiary/aromatic N) is 4. The van der Waals surface area contributed by atoms with Crippen molar-refractivity contribution in [1.82, 2.24) is 19.9 Å². The summed E-state index contributed by atoms with van der Waals surface area (Å²) in [7, 11) is 0. The lowest BCUT2D eigenvalue weighted by Gasteiger charge is -2.09. The Labute approximate surface area is 168 Å². The van der Waals surface area contributed by atoms with E-state index >= 15 is 0 Å². The molecule has 0 saturated carbocycles. The predicted octanol–water partition coefficient (Wildman–Crippen LogP) is 4.36. The molecule has 0 saturated heterocycles. The molecule has 4 heterocycles. The minimum atomic E-state index is -0.641. The molecule has 0 aliphatic carbocycles. The average molecular weight is 391 g/mol. The molecule has 0 aliphatic heterocycles. The van der Waals surface area contributed by atoms with Gasteiger partial charge < -0.3 is 5.11 Å². The third-order valence-corrected chi connectivity index (χ3v) is 4.46. The summed E-state index contributed by atoms with van der Waals surface area (Å²) in [5, 5.41) is 9.74. The molecular formula is C22H19ClN4O. The summed E-state index contributed by atoms with van der Waals surface area (Å²) in [5.74, 6) is 0. The zero-order valence-electron chi connectivity index (χ0n) is 15.0. The van der Waals surface area contributed by atoms with E-state index in [9.17, 15) is 5.11 Å². The standard InChI is InChI=1S/C11H9ClN2.C11H10N2O/c12-11(9-3-1-5-13-7-9)10-4-2-6-14-8-10;14-11(9-3-1-5-12-7-9)10-4-2-6-13-8-10/h1-8,11H;1-8,11,14H. The average Bonchev–Trinajstić information content (AvgIpc) is 2.81. The molecule has 4 aromatic heterocycles. The zero-order valence-corrected chi connectivity index (χ0v) is 15.8. The van der Waals surface area contributed by atoms with E-state index in [1.165, 1.54) is 0 Å². The second-order valence-corrected chi connectivity index (χ2v) is 6.35. The Morgan fingerprint density at radius 3 is 1.18 bits per heavy atom. The topological polar surface area (TPSA) is 71.8 Å². The number of aliphatic hydroxyl groups is 1. The second-order valence-electron chi connectivity index (χ2n) is 5.91. The molecule has 0 amide bonds. The van der Waals surface area contributed by atoms with Crippen molar-refractivity contribution >= 4 is 11.6 Å². The SMILES string of the molecule is ClC(c1cccnc1)c1cccnc1.OC(c1cccnc1)c1cccnc1. The fourth-order valence-corrected chi connectivity index (χ4v) is 2.77. The van der Waals surface area contributed by atoms with Crippen LogP contribution in [0, 0.1) is 0 Å². The van der Waals surface area contributed by atoms with Gasteiger partial charge in [0, 0.05) is 60.7 Å². The number of aliphatic hydroxyl groups excluding tert-OH is 1. The Morgan fingerprint density at radius 2 is 0.893 bits per heavy atom. The van der Waals surface area contributed by atoms with Crippen LogP contribution in [0.3, 0.4) is 0 Å². The third kappa shape index (κ3) is 5.42. The smallest absolute Gasteiger partial charge is 0.107 e. The molecule has 0 spiro atoms. The van der Waals surface area contributed by atoms with Crippen LogP contribution in [0.1, 0.15) is 33.7 Å². The summed E-state index contributed by atoms with van der Waals surface area (Å²) in [6.07, 6.45) is 13.0. The first kappa shape index (κ1) is 19.6. The van der Waals surface area contributed by atoms with E-state index < -0.39 is 6.10 Å². The van der Waals surface area contributed by atoms with Crippen molar-refractivity contribution in [2.75, 3.05) is 0 Å². The van der Waals surface area contributed by atoms with Gasteiger partial charge >= 0.3 is 0 Å². The summed E-state index contributed by atoms with van der Waals surface area (Å²) >= 11 is 6.25. The Kier molecular flexibility index (Phi) is 7.18. The highest BCUT2D eigenvalue weighted by molar-refractivity contribution is 6.22. The largest absolute Gasteiger partial charge is 0.384 e. The van der Waals surface area contributed by atoms with Crippen molar-refractivity contribution in [2.24, 2.45) is 0 Å². The van der Waals surface area contributed by atoms with Crippen LogP contribution in [-0.2, 0) is 0 Å². The van der Waals surface area contributed by atoms with E-state index in [2.05, 4.69) is 19.9 Å². The van der Waals surface area contributed by atoms with Gasteiger partial charge in [-0.3, -0.25) is 19.9 Å². The lowest BCUT2D eigenvalue weighted by Crippen LogP contribution is -1.99. The normalized spacial score (nSPS) is 10.4. The molecule has 0 aliphatic rings. The van der Waals surface area contributed by atoms with Crippen molar-refractivity contribution in [3.63, 3.8) is 0 Å². The van der Waals surface area contributed by atoms with E-state index in [0.717, 1.165) is 22.3 Å². The number of rotatable bonds is 4. The fraction of sp³-hybridized carbons (Fsp3) is 0.0909. The zero-order chi connectivity index (χ0) is 19.6. The highest BCUT2D eigenvalue weighted by atomic mass is 35.5. The van der Waals surface area contributed by atoms with Gasteiger partial charge in [0.1, 0.15) is 6.10 Å². The van der Waals surface area contributed by atoms with Gasteiger partial charge in [0.2, 0.25) is 0 Å². The van der Waals surface area contributed by atoms with Crippen LogP contribution < -0.4 is 0 Å². The van der Waals surface area contributed by atoms with Gasteiger partial charge in [-0.15, -0.1) is 11.6 Å². The molecule has 4 aromatic rings. The second kappa shape index (κ2) is 10.3. The molecule has 6 heteroatoms. The molecule has 28 heavy (non-hydrogen) atoms. The van der Waals surface area contributed by atoms with E-state index in [1.54, 1.807) is 61.7 Å². The first-order valence-electron chi connectivity index (χ1n) is 8.67. The molecule has 0 atom stereocenters. The van der Waals surface area contributed by atoms with E-state index in [1.807, 2.05) is 36.4 Å². The van der Waals surface area contributed by atoms with E-state index in [0.29, 0.717) is 0 Å². The lowest BCUT2D eigenvalue weighted by atomic mass is 10.1. The number of aromatic nitrogens is 4. The highest BCUT2D eigenvalue weighted by Crippen LogP contribution is 2.26. The first-order valence-corrected chi connectivity index (χ1v) is 9.11. The van der Waals surface area contributed by atoms with Gasteiger partial charge in [-0.05, 0) is 35.4 Å². The Hall–Kier alpha value is -3.15. The molecule has 0 fully saturated rings. The van der Waals surface area contributed by atoms with Gasteiger partial charge in [-0.1, -0.05) is 24.3 Å². The molecule has 0 bridgehead atoms. The van der Waals surface area contributed by atoms with Crippen LogP contribution >= 0.6 is 11.6 Å².